The van der Waals surface area contributed by atoms with Crippen molar-refractivity contribution in [2.24, 2.45) is 0 Å². The molecule has 0 fully saturated rings. The second-order valence-corrected chi connectivity index (χ2v) is 14.8. The summed E-state index contributed by atoms with van der Waals surface area (Å²) in [7, 11) is 0. The third kappa shape index (κ3) is 4.35. The molecule has 0 bridgehead atoms. The molecule has 0 saturated heterocycles. The minimum absolute atomic E-state index is 1.15. The lowest BCUT2D eigenvalue weighted by Gasteiger charge is -2.16. The van der Waals surface area contributed by atoms with Crippen molar-refractivity contribution >= 4 is 86.4 Å². The van der Waals surface area contributed by atoms with Gasteiger partial charge in [0.05, 0.1) is 11.0 Å². The van der Waals surface area contributed by atoms with Crippen LogP contribution in [0.5, 0.6) is 0 Å². The summed E-state index contributed by atoms with van der Waals surface area (Å²) in [6, 6.07) is 74.0. The summed E-state index contributed by atoms with van der Waals surface area (Å²) in [4.78, 5) is 0. The van der Waals surface area contributed by atoms with Crippen LogP contribution in [-0.2, 0) is 0 Å². The predicted molar refractivity (Wildman–Crippen MR) is 237 cm³/mol. The van der Waals surface area contributed by atoms with Crippen molar-refractivity contribution in [3.05, 3.63) is 200 Å². The lowest BCUT2D eigenvalue weighted by atomic mass is 9.88. The summed E-state index contributed by atoms with van der Waals surface area (Å²) in [5, 5.41) is 18.0. The van der Waals surface area contributed by atoms with Crippen LogP contribution in [0.3, 0.4) is 0 Å². The van der Waals surface area contributed by atoms with Crippen LogP contribution >= 0.6 is 0 Å². The number of hydrogen-bond acceptors (Lipinski definition) is 0. The number of nitrogens with zero attached hydrogens (tertiary/aromatic N) is 1. The van der Waals surface area contributed by atoms with E-state index >= 15 is 0 Å². The smallest absolute Gasteiger partial charge is 0.0626 e. The van der Waals surface area contributed by atoms with E-state index in [-0.39, 0.29) is 0 Å². The summed E-state index contributed by atoms with van der Waals surface area (Å²) >= 11 is 0. The highest BCUT2D eigenvalue weighted by Gasteiger charge is 2.22. The van der Waals surface area contributed by atoms with Gasteiger partial charge in [0.1, 0.15) is 0 Å². The van der Waals surface area contributed by atoms with Gasteiger partial charge in [0.15, 0.2) is 0 Å². The molecule has 0 saturated carbocycles. The molecule has 1 heterocycles. The fraction of sp³-hybridized carbons (Fsp3) is 0. The molecule has 0 aliphatic carbocycles. The van der Waals surface area contributed by atoms with Gasteiger partial charge >= 0.3 is 0 Å². The molecule has 1 heteroatoms. The van der Waals surface area contributed by atoms with Gasteiger partial charge in [-0.2, -0.15) is 0 Å². The molecular formula is C54H33N. The van der Waals surface area contributed by atoms with Gasteiger partial charge in [0.2, 0.25) is 0 Å². The molecule has 0 aliphatic heterocycles. The van der Waals surface area contributed by atoms with Crippen LogP contribution in [0.4, 0.5) is 0 Å². The summed E-state index contributed by atoms with van der Waals surface area (Å²) in [5.74, 6) is 0. The molecule has 12 aromatic rings. The zero-order valence-corrected chi connectivity index (χ0v) is 30.0. The average Bonchev–Trinajstić information content (AvgIpc) is 3.62. The van der Waals surface area contributed by atoms with E-state index in [1.165, 1.54) is 109 Å². The Hall–Kier alpha value is -7.22. The largest absolute Gasteiger partial charge is 0.309 e. The number of fused-ring (bicyclic) bond motifs is 16. The van der Waals surface area contributed by atoms with Crippen molar-refractivity contribution in [3.63, 3.8) is 0 Å². The van der Waals surface area contributed by atoms with Crippen molar-refractivity contribution in [2.75, 3.05) is 0 Å². The molecular weight excluding hydrogens is 663 g/mol. The van der Waals surface area contributed by atoms with Crippen molar-refractivity contribution < 1.29 is 0 Å². The van der Waals surface area contributed by atoms with Gasteiger partial charge in [-0.05, 0) is 106 Å². The summed E-state index contributed by atoms with van der Waals surface area (Å²) < 4.78 is 2.51. The normalized spacial score (nSPS) is 12.0. The predicted octanol–water partition coefficient (Wildman–Crippen LogP) is 15.0. The van der Waals surface area contributed by atoms with Gasteiger partial charge in [0.25, 0.3) is 0 Å². The summed E-state index contributed by atoms with van der Waals surface area (Å²) in [6.07, 6.45) is 0. The number of para-hydroxylation sites is 1. The Morgan fingerprint density at radius 1 is 0.255 bits per heavy atom. The zero-order valence-electron chi connectivity index (χ0n) is 30.0. The fourth-order valence-electron chi connectivity index (χ4n) is 9.57. The number of rotatable bonds is 3. The maximum atomic E-state index is 2.51. The highest BCUT2D eigenvalue weighted by molar-refractivity contribution is 6.38. The van der Waals surface area contributed by atoms with E-state index in [9.17, 15) is 0 Å². The number of benzene rings is 11. The van der Waals surface area contributed by atoms with Crippen LogP contribution in [0.15, 0.2) is 200 Å². The molecule has 0 amide bonds. The molecule has 254 valence electrons. The molecule has 0 aliphatic rings. The van der Waals surface area contributed by atoms with Gasteiger partial charge in [-0.3, -0.25) is 0 Å². The quantitative estimate of drug-likeness (QED) is 0.162. The molecule has 1 aromatic heterocycles. The lowest BCUT2D eigenvalue weighted by Crippen LogP contribution is -1.96. The van der Waals surface area contributed by atoms with Gasteiger partial charge in [-0.1, -0.05) is 170 Å². The third-order valence-corrected chi connectivity index (χ3v) is 11.9. The molecule has 11 aromatic carbocycles. The van der Waals surface area contributed by atoms with Crippen LogP contribution in [0.25, 0.3) is 114 Å². The molecule has 0 N–H and O–H groups in total. The highest BCUT2D eigenvalue weighted by Crippen LogP contribution is 2.47. The molecule has 12 rings (SSSR count). The number of aromatic nitrogens is 1. The standard InChI is InChI=1S/C54H33N/c1-2-15-34(16-3-1)48-33-50-43-24-9-11-26-46(43)54-53(52(50)45-25-10-8-23-42(45)48)47-27-12-13-28-51(47)55(54)37-18-14-17-35(31-37)36-29-30-44-40-21-5-4-19-38(40)39-20-6-7-22-41(39)49(44)32-36/h1-33H. The Morgan fingerprint density at radius 2 is 0.764 bits per heavy atom. The van der Waals surface area contributed by atoms with Crippen LogP contribution < -0.4 is 0 Å². The number of hydrogen-bond donors (Lipinski definition) is 0. The van der Waals surface area contributed by atoms with Gasteiger partial charge in [0, 0.05) is 27.2 Å². The molecule has 0 atom stereocenters. The molecule has 55 heavy (non-hydrogen) atoms. The van der Waals surface area contributed by atoms with Crippen molar-refractivity contribution in [2.45, 2.75) is 0 Å². The van der Waals surface area contributed by atoms with Crippen LogP contribution in [0.1, 0.15) is 0 Å². The summed E-state index contributed by atoms with van der Waals surface area (Å²) in [5.41, 5.74) is 8.52. The Bertz CT molecular complexity index is 3500. The van der Waals surface area contributed by atoms with E-state index in [1.54, 1.807) is 0 Å². The first-order valence-corrected chi connectivity index (χ1v) is 19.1. The van der Waals surface area contributed by atoms with Crippen LogP contribution in [-0.4, -0.2) is 4.57 Å². The Kier molecular flexibility index (Phi) is 6.40. The third-order valence-electron chi connectivity index (χ3n) is 11.9. The van der Waals surface area contributed by atoms with Gasteiger partial charge in [-0.25, -0.2) is 0 Å². The SMILES string of the molecule is c1ccc(-c2cc3c4ccccc4c4c(c5ccccc5n4-c4cccc(-c5ccc6c7ccccc7c7ccccc7c6c5)c4)c3c3ccccc23)cc1. The topological polar surface area (TPSA) is 4.93 Å². The van der Waals surface area contributed by atoms with E-state index in [1.807, 2.05) is 0 Å². The van der Waals surface area contributed by atoms with E-state index in [4.69, 9.17) is 0 Å². The van der Waals surface area contributed by atoms with Gasteiger partial charge in [-0.15, -0.1) is 0 Å². The highest BCUT2D eigenvalue weighted by atomic mass is 15.0. The molecule has 0 spiro atoms. The van der Waals surface area contributed by atoms with Crippen molar-refractivity contribution in [1.82, 2.24) is 4.57 Å². The minimum Gasteiger partial charge on any atom is -0.309 e. The summed E-state index contributed by atoms with van der Waals surface area (Å²) in [6.45, 7) is 0. The van der Waals surface area contributed by atoms with Crippen molar-refractivity contribution in [1.29, 1.82) is 0 Å². The first-order chi connectivity index (χ1) is 27.3. The first-order valence-electron chi connectivity index (χ1n) is 19.1. The monoisotopic (exact) mass is 695 g/mol. The van der Waals surface area contributed by atoms with E-state index in [0.29, 0.717) is 0 Å². The van der Waals surface area contributed by atoms with E-state index < -0.39 is 0 Å². The second kappa shape index (κ2) is 11.6. The first kappa shape index (κ1) is 30.3. The van der Waals surface area contributed by atoms with Crippen LogP contribution in [0.2, 0.25) is 0 Å². The Labute approximate surface area is 317 Å². The minimum atomic E-state index is 1.15. The van der Waals surface area contributed by atoms with E-state index in [2.05, 4.69) is 205 Å². The second-order valence-electron chi connectivity index (χ2n) is 14.8. The fourth-order valence-corrected chi connectivity index (χ4v) is 9.57. The maximum Gasteiger partial charge on any atom is 0.0626 e. The molecule has 0 radical (unpaired) electrons. The van der Waals surface area contributed by atoms with Crippen LogP contribution in [0, 0.1) is 0 Å². The maximum absolute atomic E-state index is 2.51. The van der Waals surface area contributed by atoms with Crippen molar-refractivity contribution in [3.8, 4) is 27.9 Å². The van der Waals surface area contributed by atoms with E-state index in [0.717, 1.165) is 5.69 Å². The zero-order chi connectivity index (χ0) is 36.0. The molecule has 1 nitrogen and oxygen atoms in total. The van der Waals surface area contributed by atoms with Gasteiger partial charge < -0.3 is 4.57 Å². The molecule has 0 unspecified atom stereocenters. The Morgan fingerprint density at radius 3 is 1.47 bits per heavy atom. The average molecular weight is 696 g/mol. The lowest BCUT2D eigenvalue weighted by molar-refractivity contribution is 1.19. The Balaban J connectivity index is 1.17.